The summed E-state index contributed by atoms with van der Waals surface area (Å²) < 4.78 is 10.5. The van der Waals surface area contributed by atoms with Gasteiger partial charge in [-0.2, -0.15) is 0 Å². The van der Waals surface area contributed by atoms with E-state index in [1.54, 1.807) is 7.11 Å². The highest BCUT2D eigenvalue weighted by atomic mass is 16.7. The zero-order valence-electron chi connectivity index (χ0n) is 9.65. The number of hydrogen-bond acceptors (Lipinski definition) is 3. The molecule has 1 aliphatic rings. The highest BCUT2D eigenvalue weighted by Crippen LogP contribution is 2.29. The SMILES string of the molecule is C=CC[C@@H](OCOC)[C@@H](N)C1CCCC1. The minimum atomic E-state index is 0.0607. The van der Waals surface area contributed by atoms with Gasteiger partial charge in [0.05, 0.1) is 6.10 Å². The summed E-state index contributed by atoms with van der Waals surface area (Å²) in [6, 6.07) is 0.126. The van der Waals surface area contributed by atoms with Crippen LogP contribution in [0.25, 0.3) is 0 Å². The van der Waals surface area contributed by atoms with Crippen LogP contribution in [0.4, 0.5) is 0 Å². The van der Waals surface area contributed by atoms with E-state index in [4.69, 9.17) is 15.2 Å². The average Bonchev–Trinajstić information content (AvgIpc) is 2.76. The predicted octanol–water partition coefficient (Wildman–Crippen LogP) is 2.07. The molecule has 2 atom stereocenters. The van der Waals surface area contributed by atoms with Gasteiger partial charge in [0.25, 0.3) is 0 Å². The lowest BCUT2D eigenvalue weighted by Gasteiger charge is -2.27. The molecule has 1 saturated carbocycles. The van der Waals surface area contributed by atoms with Crippen LogP contribution >= 0.6 is 0 Å². The van der Waals surface area contributed by atoms with Gasteiger partial charge in [-0.15, -0.1) is 6.58 Å². The molecule has 3 heteroatoms. The Balaban J connectivity index is 2.41. The fourth-order valence-electron chi connectivity index (χ4n) is 2.30. The first kappa shape index (κ1) is 12.7. The number of hydrogen-bond donors (Lipinski definition) is 1. The molecule has 0 aromatic heterocycles. The van der Waals surface area contributed by atoms with Gasteiger partial charge in [-0.3, -0.25) is 0 Å². The van der Waals surface area contributed by atoms with Crippen LogP contribution in [0, 0.1) is 5.92 Å². The Hall–Kier alpha value is -0.380. The minimum Gasteiger partial charge on any atom is -0.359 e. The van der Waals surface area contributed by atoms with Crippen molar-refractivity contribution in [1.29, 1.82) is 0 Å². The summed E-state index contributed by atoms with van der Waals surface area (Å²) in [5, 5.41) is 0. The molecule has 0 aromatic rings. The molecule has 0 bridgehead atoms. The third-order valence-corrected chi connectivity index (χ3v) is 3.17. The van der Waals surface area contributed by atoms with Crippen molar-refractivity contribution in [3.63, 3.8) is 0 Å². The van der Waals surface area contributed by atoms with Gasteiger partial charge in [-0.1, -0.05) is 18.9 Å². The lowest BCUT2D eigenvalue weighted by Crippen LogP contribution is -2.42. The van der Waals surface area contributed by atoms with Gasteiger partial charge < -0.3 is 15.2 Å². The van der Waals surface area contributed by atoms with Crippen LogP contribution in [-0.2, 0) is 9.47 Å². The molecule has 88 valence electrons. The van der Waals surface area contributed by atoms with E-state index in [0.717, 1.165) is 6.42 Å². The molecule has 0 amide bonds. The second-order valence-electron chi connectivity index (χ2n) is 4.26. The summed E-state index contributed by atoms with van der Waals surface area (Å²) in [7, 11) is 1.63. The zero-order valence-corrected chi connectivity index (χ0v) is 9.65. The highest BCUT2D eigenvalue weighted by Gasteiger charge is 2.28. The summed E-state index contributed by atoms with van der Waals surface area (Å²) in [6.45, 7) is 4.06. The molecular weight excluding hydrogens is 190 g/mol. The first-order chi connectivity index (χ1) is 7.29. The molecule has 0 aromatic carbocycles. The van der Waals surface area contributed by atoms with E-state index in [2.05, 4.69) is 6.58 Å². The maximum atomic E-state index is 6.22. The van der Waals surface area contributed by atoms with Gasteiger partial charge in [0, 0.05) is 13.2 Å². The highest BCUT2D eigenvalue weighted by molar-refractivity contribution is 4.87. The lowest BCUT2D eigenvalue weighted by molar-refractivity contribution is -0.0835. The average molecular weight is 213 g/mol. The fourth-order valence-corrected chi connectivity index (χ4v) is 2.30. The normalized spacial score (nSPS) is 21.5. The molecular formula is C12H23NO2. The van der Waals surface area contributed by atoms with Crippen LogP contribution < -0.4 is 5.73 Å². The van der Waals surface area contributed by atoms with Crippen molar-refractivity contribution in [2.75, 3.05) is 13.9 Å². The van der Waals surface area contributed by atoms with Crippen LogP contribution in [0.1, 0.15) is 32.1 Å². The van der Waals surface area contributed by atoms with Gasteiger partial charge in [-0.25, -0.2) is 0 Å². The first-order valence-electron chi connectivity index (χ1n) is 5.76. The number of rotatable bonds is 7. The Bertz CT molecular complexity index is 178. The van der Waals surface area contributed by atoms with E-state index in [0.29, 0.717) is 12.7 Å². The van der Waals surface area contributed by atoms with Crippen molar-refractivity contribution in [3.05, 3.63) is 12.7 Å². The van der Waals surface area contributed by atoms with E-state index >= 15 is 0 Å². The third-order valence-electron chi connectivity index (χ3n) is 3.17. The predicted molar refractivity (Wildman–Crippen MR) is 61.5 cm³/mol. The third kappa shape index (κ3) is 3.93. The second-order valence-corrected chi connectivity index (χ2v) is 4.26. The van der Waals surface area contributed by atoms with Gasteiger partial charge in [0.1, 0.15) is 6.79 Å². The molecule has 0 unspecified atom stereocenters. The van der Waals surface area contributed by atoms with Gasteiger partial charge in [0.2, 0.25) is 0 Å². The molecule has 0 aliphatic heterocycles. The molecule has 1 aliphatic carbocycles. The maximum Gasteiger partial charge on any atom is 0.146 e. The van der Waals surface area contributed by atoms with E-state index in [-0.39, 0.29) is 12.1 Å². The quantitative estimate of drug-likeness (QED) is 0.520. The van der Waals surface area contributed by atoms with E-state index in [9.17, 15) is 0 Å². The van der Waals surface area contributed by atoms with Crippen molar-refractivity contribution in [2.45, 2.75) is 44.2 Å². The van der Waals surface area contributed by atoms with Crippen LogP contribution in [0.3, 0.4) is 0 Å². The summed E-state index contributed by atoms with van der Waals surface area (Å²) in [5.41, 5.74) is 6.22. The Morgan fingerprint density at radius 2 is 2.13 bits per heavy atom. The topological polar surface area (TPSA) is 44.5 Å². The van der Waals surface area contributed by atoms with Crippen LogP contribution in [0.5, 0.6) is 0 Å². The summed E-state index contributed by atoms with van der Waals surface area (Å²) in [6.07, 6.45) is 7.84. The largest absolute Gasteiger partial charge is 0.359 e. The fraction of sp³-hybridized carbons (Fsp3) is 0.833. The summed E-state index contributed by atoms with van der Waals surface area (Å²) in [4.78, 5) is 0. The Kier molecular flexibility index (Phi) is 5.91. The standard InChI is InChI=1S/C12H23NO2/c1-3-6-11(15-9-14-2)12(13)10-7-4-5-8-10/h3,10-12H,1,4-9,13H2,2H3/t11-,12+/m1/s1. The molecule has 3 nitrogen and oxygen atoms in total. The molecule has 1 rings (SSSR count). The lowest BCUT2D eigenvalue weighted by atomic mass is 9.92. The van der Waals surface area contributed by atoms with Gasteiger partial charge >= 0.3 is 0 Å². The minimum absolute atomic E-state index is 0.0607. The molecule has 0 radical (unpaired) electrons. The van der Waals surface area contributed by atoms with Crippen molar-refractivity contribution in [2.24, 2.45) is 11.7 Å². The van der Waals surface area contributed by atoms with Gasteiger partial charge in [-0.05, 0) is 25.2 Å². The molecule has 15 heavy (non-hydrogen) atoms. The Labute approximate surface area is 92.6 Å². The van der Waals surface area contributed by atoms with Crippen molar-refractivity contribution >= 4 is 0 Å². The summed E-state index contributed by atoms with van der Waals surface area (Å²) >= 11 is 0. The molecule has 0 spiro atoms. The Morgan fingerprint density at radius 1 is 1.47 bits per heavy atom. The van der Waals surface area contributed by atoms with Crippen molar-refractivity contribution in [1.82, 2.24) is 0 Å². The number of nitrogens with two attached hydrogens (primary N) is 1. The van der Waals surface area contributed by atoms with Crippen LogP contribution in [0.2, 0.25) is 0 Å². The molecule has 2 N–H and O–H groups in total. The first-order valence-corrected chi connectivity index (χ1v) is 5.76. The Morgan fingerprint density at radius 3 is 2.67 bits per heavy atom. The second kappa shape index (κ2) is 6.99. The van der Waals surface area contributed by atoms with Gasteiger partial charge in [0.15, 0.2) is 0 Å². The maximum absolute atomic E-state index is 6.22. The zero-order chi connectivity index (χ0) is 11.1. The van der Waals surface area contributed by atoms with E-state index < -0.39 is 0 Å². The molecule has 0 heterocycles. The molecule has 0 saturated heterocycles. The van der Waals surface area contributed by atoms with E-state index in [1.807, 2.05) is 6.08 Å². The number of methoxy groups -OCH3 is 1. The van der Waals surface area contributed by atoms with Crippen molar-refractivity contribution < 1.29 is 9.47 Å². The van der Waals surface area contributed by atoms with Crippen LogP contribution in [-0.4, -0.2) is 26.0 Å². The van der Waals surface area contributed by atoms with Crippen molar-refractivity contribution in [3.8, 4) is 0 Å². The summed E-state index contributed by atoms with van der Waals surface area (Å²) in [5.74, 6) is 0.617. The number of ether oxygens (including phenoxy) is 2. The van der Waals surface area contributed by atoms with Crippen LogP contribution in [0.15, 0.2) is 12.7 Å². The smallest absolute Gasteiger partial charge is 0.146 e. The van der Waals surface area contributed by atoms with E-state index in [1.165, 1.54) is 25.7 Å². The monoisotopic (exact) mass is 213 g/mol. The molecule has 1 fully saturated rings.